The van der Waals surface area contributed by atoms with Gasteiger partial charge in [-0.25, -0.2) is 0 Å². The summed E-state index contributed by atoms with van der Waals surface area (Å²) >= 11 is 0. The number of benzene rings is 1. The van der Waals surface area contributed by atoms with Crippen molar-refractivity contribution in [3.05, 3.63) is 35.9 Å². The first kappa shape index (κ1) is 19.2. The second-order valence-electron chi connectivity index (χ2n) is 5.17. The molecule has 0 radical (unpaired) electrons. The Morgan fingerprint density at radius 3 is 2.30 bits per heavy atom. The van der Waals surface area contributed by atoms with E-state index in [1.54, 1.807) is 24.3 Å². The molecule has 0 bridgehead atoms. The summed E-state index contributed by atoms with van der Waals surface area (Å²) < 4.78 is 0. The second-order valence-corrected chi connectivity index (χ2v) is 5.17. The molecule has 1 atom stereocenters. The van der Waals surface area contributed by atoms with Crippen molar-refractivity contribution in [1.29, 1.82) is 0 Å². The number of carbonyl (C=O) groups excluding carboxylic acids is 1. The normalized spacial score (nSPS) is 11.6. The average Bonchev–Trinajstić information content (AvgIpc) is 2.35. The number of carbonyl (C=O) groups is 2. The molecular weight excluding hydrogens is 265 g/mol. The molecule has 0 saturated carbocycles. The number of amides is 1. The number of carboxylic acids is 1. The van der Waals surface area contributed by atoms with E-state index in [1.807, 2.05) is 19.9 Å². The molecule has 0 aliphatic rings. The van der Waals surface area contributed by atoms with Crippen molar-refractivity contribution in [3.8, 4) is 0 Å². The zero-order valence-electron chi connectivity index (χ0n) is 11.4. The van der Waals surface area contributed by atoms with Crippen molar-refractivity contribution in [1.82, 2.24) is 5.32 Å². The van der Waals surface area contributed by atoms with E-state index >= 15 is 0 Å². The molecule has 20 heavy (non-hydrogen) atoms. The van der Waals surface area contributed by atoms with Crippen LogP contribution >= 0.6 is 0 Å². The molecule has 2 N–H and O–H groups in total. The molecular formula is C15H22NNaO3. The van der Waals surface area contributed by atoms with Gasteiger partial charge in [-0.15, -0.1) is 0 Å². The van der Waals surface area contributed by atoms with Crippen LogP contribution in [0.1, 0.15) is 37.0 Å². The van der Waals surface area contributed by atoms with Crippen LogP contribution in [0.3, 0.4) is 0 Å². The minimum atomic E-state index is -0.820. The molecule has 0 spiro atoms. The quantitative estimate of drug-likeness (QED) is 0.753. The van der Waals surface area contributed by atoms with E-state index in [9.17, 15) is 9.59 Å². The topological polar surface area (TPSA) is 66.4 Å². The molecule has 0 saturated heterocycles. The molecule has 0 fully saturated rings. The van der Waals surface area contributed by atoms with E-state index in [1.165, 1.54) is 0 Å². The zero-order chi connectivity index (χ0) is 14.3. The summed E-state index contributed by atoms with van der Waals surface area (Å²) in [6, 6.07) is 8.94. The van der Waals surface area contributed by atoms with Gasteiger partial charge in [0.2, 0.25) is 0 Å². The Labute approximate surface area is 142 Å². The van der Waals surface area contributed by atoms with Crippen LogP contribution in [0.2, 0.25) is 0 Å². The van der Waals surface area contributed by atoms with Crippen molar-refractivity contribution in [2.24, 2.45) is 11.8 Å². The van der Waals surface area contributed by atoms with Gasteiger partial charge in [0.25, 0.3) is 5.91 Å². The molecule has 1 amide bonds. The van der Waals surface area contributed by atoms with E-state index in [4.69, 9.17) is 5.11 Å². The molecule has 1 rings (SSSR count). The number of carboxylic acid groups (broad SMARTS) is 1. The standard InChI is InChI=1S/C15H21NO3.Na.H/c1-11(2)8-12(9-14(17)18)10-16-15(19)13-6-4-3-5-7-13;;/h3-7,11-12H,8-10H2,1-2H3,(H,16,19)(H,17,18);;/t12-;;/m0../s1. The SMILES string of the molecule is CC(C)C[C@H](CNC(=O)c1ccccc1)CC(=O)O.[NaH]. The third kappa shape index (κ3) is 7.68. The fraction of sp³-hybridized carbons (Fsp3) is 0.467. The molecule has 106 valence electrons. The van der Waals surface area contributed by atoms with Crippen molar-refractivity contribution in [2.75, 3.05) is 6.54 Å². The first-order chi connectivity index (χ1) is 8.99. The molecule has 1 aromatic rings. The number of rotatable bonds is 7. The average molecular weight is 287 g/mol. The van der Waals surface area contributed by atoms with E-state index in [0.717, 1.165) is 6.42 Å². The van der Waals surface area contributed by atoms with Gasteiger partial charge >= 0.3 is 35.5 Å². The Morgan fingerprint density at radius 2 is 1.80 bits per heavy atom. The van der Waals surface area contributed by atoms with Gasteiger partial charge in [0.1, 0.15) is 0 Å². The van der Waals surface area contributed by atoms with E-state index in [2.05, 4.69) is 5.32 Å². The fourth-order valence-electron chi connectivity index (χ4n) is 2.08. The van der Waals surface area contributed by atoms with Crippen LogP contribution in [-0.2, 0) is 4.79 Å². The van der Waals surface area contributed by atoms with Crippen LogP contribution in [0.4, 0.5) is 0 Å². The molecule has 0 aromatic heterocycles. The fourth-order valence-corrected chi connectivity index (χ4v) is 2.08. The van der Waals surface area contributed by atoms with Crippen molar-refractivity contribution in [2.45, 2.75) is 26.7 Å². The van der Waals surface area contributed by atoms with Crippen molar-refractivity contribution in [3.63, 3.8) is 0 Å². The first-order valence-corrected chi connectivity index (χ1v) is 6.54. The van der Waals surface area contributed by atoms with Gasteiger partial charge in [-0.3, -0.25) is 9.59 Å². The van der Waals surface area contributed by atoms with E-state index < -0.39 is 5.97 Å². The van der Waals surface area contributed by atoms with Crippen LogP contribution in [0.5, 0.6) is 0 Å². The van der Waals surface area contributed by atoms with Crippen LogP contribution in [0.25, 0.3) is 0 Å². The summed E-state index contributed by atoms with van der Waals surface area (Å²) in [5.74, 6) is -0.581. The minimum absolute atomic E-state index is 0. The number of nitrogens with one attached hydrogen (secondary N) is 1. The summed E-state index contributed by atoms with van der Waals surface area (Å²) in [6.45, 7) is 4.50. The van der Waals surface area contributed by atoms with E-state index in [-0.39, 0.29) is 47.8 Å². The Morgan fingerprint density at radius 1 is 1.20 bits per heavy atom. The van der Waals surface area contributed by atoms with Gasteiger partial charge in [0, 0.05) is 18.5 Å². The predicted octanol–water partition coefficient (Wildman–Crippen LogP) is 1.90. The number of hydrogen-bond donors (Lipinski definition) is 2. The molecule has 5 heteroatoms. The van der Waals surface area contributed by atoms with Crippen molar-refractivity contribution >= 4 is 41.4 Å². The summed E-state index contributed by atoms with van der Waals surface area (Å²) in [5, 5.41) is 11.7. The summed E-state index contributed by atoms with van der Waals surface area (Å²) in [5.41, 5.74) is 0.598. The van der Waals surface area contributed by atoms with E-state index in [0.29, 0.717) is 18.0 Å². The van der Waals surface area contributed by atoms with Crippen LogP contribution in [0.15, 0.2) is 30.3 Å². The molecule has 4 nitrogen and oxygen atoms in total. The Balaban J connectivity index is 0.00000361. The Bertz CT molecular complexity index is 420. The van der Waals surface area contributed by atoms with Gasteiger partial charge in [0.05, 0.1) is 0 Å². The summed E-state index contributed by atoms with van der Waals surface area (Å²) in [6.07, 6.45) is 0.884. The molecule has 0 unspecified atom stereocenters. The zero-order valence-corrected chi connectivity index (χ0v) is 11.4. The second kappa shape index (κ2) is 9.97. The van der Waals surface area contributed by atoms with Crippen LogP contribution < -0.4 is 5.32 Å². The van der Waals surface area contributed by atoms with Gasteiger partial charge in [0.15, 0.2) is 0 Å². The molecule has 0 aliphatic heterocycles. The number of aliphatic carboxylic acids is 1. The molecule has 0 aliphatic carbocycles. The Hall–Kier alpha value is -0.840. The third-order valence-electron chi connectivity index (χ3n) is 2.86. The van der Waals surface area contributed by atoms with Gasteiger partial charge in [-0.1, -0.05) is 32.0 Å². The maximum absolute atomic E-state index is 11.9. The monoisotopic (exact) mass is 287 g/mol. The molecule has 0 heterocycles. The van der Waals surface area contributed by atoms with Crippen LogP contribution in [0, 0.1) is 11.8 Å². The van der Waals surface area contributed by atoms with Gasteiger partial charge in [-0.05, 0) is 30.4 Å². The third-order valence-corrected chi connectivity index (χ3v) is 2.86. The summed E-state index contributed by atoms with van der Waals surface area (Å²) in [4.78, 5) is 22.7. The maximum atomic E-state index is 11.9. The van der Waals surface area contributed by atoms with Crippen molar-refractivity contribution < 1.29 is 14.7 Å². The molecule has 1 aromatic carbocycles. The predicted molar refractivity (Wildman–Crippen MR) is 81.1 cm³/mol. The Kier molecular flexibility index (Phi) is 9.55. The summed E-state index contributed by atoms with van der Waals surface area (Å²) in [7, 11) is 0. The number of hydrogen-bond acceptors (Lipinski definition) is 2. The van der Waals surface area contributed by atoms with Gasteiger partial charge in [-0.2, -0.15) is 0 Å². The van der Waals surface area contributed by atoms with Crippen LogP contribution in [-0.4, -0.2) is 53.1 Å². The first-order valence-electron chi connectivity index (χ1n) is 6.54. The van der Waals surface area contributed by atoms with Gasteiger partial charge < -0.3 is 10.4 Å².